The summed E-state index contributed by atoms with van der Waals surface area (Å²) in [7, 11) is 0. The summed E-state index contributed by atoms with van der Waals surface area (Å²) in [6.07, 6.45) is 1.27. The summed E-state index contributed by atoms with van der Waals surface area (Å²) in [6.45, 7) is 1.62. The van der Waals surface area contributed by atoms with E-state index in [1.807, 2.05) is 6.07 Å². The van der Waals surface area contributed by atoms with Crippen molar-refractivity contribution in [1.82, 2.24) is 4.90 Å². The number of nitrogens with zero attached hydrogens (tertiary/aromatic N) is 3. The first-order valence-corrected chi connectivity index (χ1v) is 6.49. The molecule has 0 unspecified atom stereocenters. The Morgan fingerprint density at radius 2 is 2.14 bits per heavy atom. The SMILES string of the molecule is N#C/C(=C\c1ccc(O)c([N+](=O)[O-])c1)C(=O)N1CCOCC1. The van der Waals surface area contributed by atoms with E-state index in [1.165, 1.54) is 17.0 Å². The fraction of sp³-hybridized carbons (Fsp3) is 0.286. The molecule has 1 N–H and O–H groups in total. The van der Waals surface area contributed by atoms with Crippen LogP contribution >= 0.6 is 0 Å². The Bertz CT molecular complexity index is 672. The Balaban J connectivity index is 2.29. The highest BCUT2D eigenvalue weighted by atomic mass is 16.6. The third-order valence-electron chi connectivity index (χ3n) is 3.16. The molecule has 2 rings (SSSR count). The second-order valence-electron chi connectivity index (χ2n) is 4.58. The van der Waals surface area contributed by atoms with E-state index < -0.39 is 22.3 Å². The van der Waals surface area contributed by atoms with Gasteiger partial charge in [0.25, 0.3) is 5.91 Å². The molecule has 0 atom stereocenters. The number of nitriles is 1. The number of aromatic hydroxyl groups is 1. The average molecular weight is 303 g/mol. The summed E-state index contributed by atoms with van der Waals surface area (Å²) >= 11 is 0. The number of phenols is 1. The van der Waals surface area contributed by atoms with Gasteiger partial charge in [-0.3, -0.25) is 14.9 Å². The van der Waals surface area contributed by atoms with Crippen molar-refractivity contribution >= 4 is 17.7 Å². The van der Waals surface area contributed by atoms with Crippen LogP contribution in [0.5, 0.6) is 5.75 Å². The molecule has 114 valence electrons. The average Bonchev–Trinajstić information content (AvgIpc) is 2.54. The molecule has 1 saturated heterocycles. The minimum atomic E-state index is -0.734. The Labute approximate surface area is 126 Å². The topological polar surface area (TPSA) is 117 Å². The third kappa shape index (κ3) is 3.39. The molecule has 0 aromatic heterocycles. The van der Waals surface area contributed by atoms with Gasteiger partial charge in [-0.1, -0.05) is 6.07 Å². The molecule has 0 spiro atoms. The molecule has 1 fully saturated rings. The highest BCUT2D eigenvalue weighted by Gasteiger charge is 2.21. The van der Waals surface area contributed by atoms with Gasteiger partial charge in [-0.15, -0.1) is 0 Å². The molecule has 0 radical (unpaired) electrons. The molecule has 8 nitrogen and oxygen atoms in total. The van der Waals surface area contributed by atoms with Crippen molar-refractivity contribution in [3.8, 4) is 11.8 Å². The zero-order valence-corrected chi connectivity index (χ0v) is 11.6. The first kappa shape index (κ1) is 15.5. The van der Waals surface area contributed by atoms with Crippen molar-refractivity contribution in [3.63, 3.8) is 0 Å². The highest BCUT2D eigenvalue weighted by Crippen LogP contribution is 2.27. The van der Waals surface area contributed by atoms with Gasteiger partial charge in [0.05, 0.1) is 18.1 Å². The Kier molecular flexibility index (Phi) is 4.70. The van der Waals surface area contributed by atoms with E-state index in [0.717, 1.165) is 12.1 Å². The monoisotopic (exact) mass is 303 g/mol. The van der Waals surface area contributed by atoms with Crippen LogP contribution < -0.4 is 0 Å². The second-order valence-corrected chi connectivity index (χ2v) is 4.58. The van der Waals surface area contributed by atoms with Crippen LogP contribution in [0.15, 0.2) is 23.8 Å². The van der Waals surface area contributed by atoms with Crippen LogP contribution in [0.3, 0.4) is 0 Å². The number of nitro groups is 1. The number of ether oxygens (including phenoxy) is 1. The zero-order chi connectivity index (χ0) is 16.1. The van der Waals surface area contributed by atoms with Crippen LogP contribution in [0.2, 0.25) is 0 Å². The summed E-state index contributed by atoms with van der Waals surface area (Å²) in [4.78, 5) is 23.8. The maximum Gasteiger partial charge on any atom is 0.311 e. The lowest BCUT2D eigenvalue weighted by Crippen LogP contribution is -2.41. The molecule has 1 aliphatic heterocycles. The minimum Gasteiger partial charge on any atom is -0.502 e. The molecule has 1 aromatic rings. The fourth-order valence-corrected chi connectivity index (χ4v) is 2.02. The number of benzene rings is 1. The molecule has 1 aromatic carbocycles. The van der Waals surface area contributed by atoms with Gasteiger partial charge in [-0.25, -0.2) is 0 Å². The summed E-state index contributed by atoms with van der Waals surface area (Å²) in [5, 5.41) is 29.3. The fourth-order valence-electron chi connectivity index (χ4n) is 2.02. The van der Waals surface area contributed by atoms with Crippen LogP contribution in [0.25, 0.3) is 6.08 Å². The van der Waals surface area contributed by atoms with E-state index in [9.17, 15) is 20.0 Å². The van der Waals surface area contributed by atoms with Crippen molar-refractivity contribution in [2.45, 2.75) is 0 Å². The highest BCUT2D eigenvalue weighted by molar-refractivity contribution is 6.01. The van der Waals surface area contributed by atoms with Gasteiger partial charge < -0.3 is 14.7 Å². The minimum absolute atomic E-state index is 0.123. The van der Waals surface area contributed by atoms with Gasteiger partial charge in [0.1, 0.15) is 11.6 Å². The lowest BCUT2D eigenvalue weighted by Gasteiger charge is -2.26. The lowest BCUT2D eigenvalue weighted by molar-refractivity contribution is -0.385. The lowest BCUT2D eigenvalue weighted by atomic mass is 10.1. The molecule has 8 heteroatoms. The van der Waals surface area contributed by atoms with Crippen molar-refractivity contribution in [1.29, 1.82) is 5.26 Å². The van der Waals surface area contributed by atoms with Gasteiger partial charge in [-0.2, -0.15) is 5.26 Å². The van der Waals surface area contributed by atoms with Gasteiger partial charge in [0.15, 0.2) is 5.75 Å². The first-order valence-electron chi connectivity index (χ1n) is 6.49. The van der Waals surface area contributed by atoms with E-state index in [1.54, 1.807) is 0 Å². The number of hydrogen-bond acceptors (Lipinski definition) is 6. The van der Waals surface area contributed by atoms with Crippen molar-refractivity contribution in [3.05, 3.63) is 39.4 Å². The molecule has 0 bridgehead atoms. The van der Waals surface area contributed by atoms with E-state index >= 15 is 0 Å². The smallest absolute Gasteiger partial charge is 0.311 e. The molecule has 0 aliphatic carbocycles. The summed E-state index contributed by atoms with van der Waals surface area (Å²) in [5.41, 5.74) is -0.311. The standard InChI is InChI=1S/C14H13N3O5/c15-9-11(14(19)16-3-5-22-6-4-16)7-10-1-2-13(18)12(8-10)17(20)21/h1-2,7-8,18H,3-6H2/b11-7+. The maximum atomic E-state index is 12.2. The van der Waals surface area contributed by atoms with Crippen molar-refractivity contribution in [2.75, 3.05) is 26.3 Å². The van der Waals surface area contributed by atoms with Crippen LogP contribution in [-0.2, 0) is 9.53 Å². The van der Waals surface area contributed by atoms with E-state index in [4.69, 9.17) is 10.00 Å². The van der Waals surface area contributed by atoms with Crippen LogP contribution in [-0.4, -0.2) is 47.1 Å². The molecule has 1 amide bonds. The number of carbonyl (C=O) groups is 1. The number of carbonyl (C=O) groups excluding carboxylic acids is 1. The Morgan fingerprint density at radius 1 is 1.45 bits per heavy atom. The Hall–Kier alpha value is -2.92. The summed E-state index contributed by atoms with van der Waals surface area (Å²) < 4.78 is 5.14. The molecule has 22 heavy (non-hydrogen) atoms. The summed E-state index contributed by atoms with van der Waals surface area (Å²) in [6, 6.07) is 5.46. The van der Waals surface area contributed by atoms with Crippen LogP contribution in [0.1, 0.15) is 5.56 Å². The number of nitro benzene ring substituents is 1. The van der Waals surface area contributed by atoms with E-state index in [2.05, 4.69) is 0 Å². The number of morpholine rings is 1. The zero-order valence-electron chi connectivity index (χ0n) is 11.6. The van der Waals surface area contributed by atoms with Gasteiger partial charge in [0, 0.05) is 19.2 Å². The van der Waals surface area contributed by atoms with E-state index in [0.29, 0.717) is 31.9 Å². The quantitative estimate of drug-likeness (QED) is 0.386. The molecule has 1 aliphatic rings. The predicted molar refractivity (Wildman–Crippen MR) is 75.8 cm³/mol. The normalized spacial score (nSPS) is 15.2. The second kappa shape index (κ2) is 6.69. The molecule has 0 saturated carbocycles. The predicted octanol–water partition coefficient (Wildman–Crippen LogP) is 1.07. The Morgan fingerprint density at radius 3 is 2.73 bits per heavy atom. The number of phenolic OH excluding ortho intramolecular Hbond substituents is 1. The first-order chi connectivity index (χ1) is 10.5. The van der Waals surface area contributed by atoms with Crippen LogP contribution in [0.4, 0.5) is 5.69 Å². The molecular weight excluding hydrogens is 290 g/mol. The van der Waals surface area contributed by atoms with E-state index in [-0.39, 0.29) is 5.57 Å². The number of rotatable bonds is 3. The number of hydrogen-bond donors (Lipinski definition) is 1. The van der Waals surface area contributed by atoms with Crippen LogP contribution in [0, 0.1) is 21.4 Å². The third-order valence-corrected chi connectivity index (χ3v) is 3.16. The van der Waals surface area contributed by atoms with Gasteiger partial charge >= 0.3 is 5.69 Å². The van der Waals surface area contributed by atoms with Crippen molar-refractivity contribution in [2.24, 2.45) is 0 Å². The number of amides is 1. The maximum absolute atomic E-state index is 12.2. The summed E-state index contributed by atoms with van der Waals surface area (Å²) in [5.74, 6) is -0.915. The van der Waals surface area contributed by atoms with Gasteiger partial charge in [-0.05, 0) is 17.7 Å². The molecule has 1 heterocycles. The largest absolute Gasteiger partial charge is 0.502 e. The van der Waals surface area contributed by atoms with Crippen molar-refractivity contribution < 1.29 is 19.6 Å². The van der Waals surface area contributed by atoms with Gasteiger partial charge in [0.2, 0.25) is 0 Å². The molecular formula is C14H13N3O5.